The Kier molecular flexibility index (Phi) is 5.42. The molecule has 1 aromatic heterocycles. The molecule has 0 unspecified atom stereocenters. The quantitative estimate of drug-likeness (QED) is 0.514. The monoisotopic (exact) mass is 375 g/mol. The van der Waals surface area contributed by atoms with E-state index in [0.29, 0.717) is 16.8 Å². The predicted octanol–water partition coefficient (Wildman–Crippen LogP) is 3.42. The van der Waals surface area contributed by atoms with Gasteiger partial charge in [0.15, 0.2) is 0 Å². The molecular weight excluding hydrogens is 357 g/mol. The van der Waals surface area contributed by atoms with E-state index in [2.05, 4.69) is 10.1 Å². The summed E-state index contributed by atoms with van der Waals surface area (Å²) in [5, 5.41) is 5.95. The van der Waals surface area contributed by atoms with Gasteiger partial charge in [-0.15, -0.1) is 0 Å². The fourth-order valence-corrected chi connectivity index (χ4v) is 3.11. The third-order valence-electron chi connectivity index (χ3n) is 4.36. The third kappa shape index (κ3) is 3.33. The summed E-state index contributed by atoms with van der Waals surface area (Å²) in [6.07, 6.45) is 1.76. The van der Waals surface area contributed by atoms with Crippen LogP contribution in [0.5, 0.6) is 0 Å². The van der Waals surface area contributed by atoms with Gasteiger partial charge < -0.3 is 5.48 Å². The summed E-state index contributed by atoms with van der Waals surface area (Å²) in [6.45, 7) is 0. The molecule has 4 rings (SSSR count). The van der Waals surface area contributed by atoms with Crippen LogP contribution in [0.25, 0.3) is 27.7 Å². The lowest BCUT2D eigenvalue weighted by molar-refractivity contribution is 0.626. The summed E-state index contributed by atoms with van der Waals surface area (Å²) < 4.78 is 14.6. The van der Waals surface area contributed by atoms with Crippen LogP contribution in [0.2, 0.25) is 0 Å². The molecule has 2 N–H and O–H groups in total. The molecule has 0 saturated heterocycles. The third-order valence-corrected chi connectivity index (χ3v) is 4.36. The fourth-order valence-electron chi connectivity index (χ4n) is 3.11. The minimum absolute atomic E-state index is 0. The maximum absolute atomic E-state index is 13.3. The maximum Gasteiger partial charge on any atom is 0.279 e. The largest absolute Gasteiger partial charge is 0.412 e. The Hall–Kier alpha value is -3.64. The minimum Gasteiger partial charge on any atom is -0.412 e. The fraction of sp³-hybridized carbons (Fsp3) is 0.0455. The summed E-state index contributed by atoms with van der Waals surface area (Å²) in [5.41, 5.74) is 2.71. The zero-order valence-corrected chi connectivity index (χ0v) is 15.1. The molecule has 1 heterocycles. The first kappa shape index (κ1) is 19.1. The average molecular weight is 375 g/mol. The smallest absolute Gasteiger partial charge is 0.279 e. The number of hydrogen-bond acceptors (Lipinski definition) is 3. The number of rotatable bonds is 3. The Labute approximate surface area is 160 Å². The van der Waals surface area contributed by atoms with Crippen molar-refractivity contribution in [2.24, 2.45) is 4.99 Å². The highest BCUT2D eigenvalue weighted by Crippen LogP contribution is 2.27. The summed E-state index contributed by atoms with van der Waals surface area (Å²) >= 11 is 0. The number of aliphatic imine (C=N–C) groups is 1. The van der Waals surface area contributed by atoms with Gasteiger partial charge in [-0.05, 0) is 30.3 Å². The number of nitrogens with zero attached hydrogens (tertiary/aromatic N) is 3. The number of fused-ring (bicyclic) bond motifs is 1. The second kappa shape index (κ2) is 7.94. The van der Waals surface area contributed by atoms with Gasteiger partial charge in [-0.1, -0.05) is 42.5 Å². The maximum atomic E-state index is 13.3. The summed E-state index contributed by atoms with van der Waals surface area (Å²) in [7, 11) is 1.71. The van der Waals surface area contributed by atoms with E-state index < -0.39 is 0 Å². The summed E-state index contributed by atoms with van der Waals surface area (Å²) in [4.78, 5) is 17.1. The van der Waals surface area contributed by atoms with Crippen LogP contribution in [0.4, 0.5) is 4.39 Å². The van der Waals surface area contributed by atoms with E-state index in [1.807, 2.05) is 42.5 Å². The molecule has 5 nitrogen and oxygen atoms in total. The van der Waals surface area contributed by atoms with Gasteiger partial charge in [0, 0.05) is 29.8 Å². The van der Waals surface area contributed by atoms with E-state index in [1.54, 1.807) is 31.5 Å². The van der Waals surface area contributed by atoms with Gasteiger partial charge in [0.05, 0.1) is 11.1 Å². The molecule has 28 heavy (non-hydrogen) atoms. The summed E-state index contributed by atoms with van der Waals surface area (Å²) in [6, 6.07) is 20.8. The normalized spacial score (nSPS) is 10.9. The van der Waals surface area contributed by atoms with Crippen LogP contribution in [0.15, 0.2) is 82.6 Å². The second-order valence-corrected chi connectivity index (χ2v) is 6.06. The van der Waals surface area contributed by atoms with Crippen molar-refractivity contribution in [2.45, 2.75) is 0 Å². The van der Waals surface area contributed by atoms with Crippen molar-refractivity contribution in [1.82, 2.24) is 9.78 Å². The first-order valence-electron chi connectivity index (χ1n) is 8.48. The second-order valence-electron chi connectivity index (χ2n) is 6.06. The van der Waals surface area contributed by atoms with Gasteiger partial charge >= 0.3 is 0 Å². The average Bonchev–Trinajstić information content (AvgIpc) is 2.70. The lowest BCUT2D eigenvalue weighted by atomic mass is 10.0. The molecule has 0 atom stereocenters. The molecule has 0 amide bonds. The highest BCUT2D eigenvalue weighted by atomic mass is 19.1. The van der Waals surface area contributed by atoms with E-state index in [1.165, 1.54) is 16.8 Å². The minimum atomic E-state index is -0.364. The van der Waals surface area contributed by atoms with Crippen molar-refractivity contribution in [2.75, 3.05) is 7.05 Å². The van der Waals surface area contributed by atoms with Crippen LogP contribution < -0.4 is 5.56 Å². The lowest BCUT2D eigenvalue weighted by Gasteiger charge is -2.13. The van der Waals surface area contributed by atoms with Crippen LogP contribution in [0.3, 0.4) is 0 Å². The Morgan fingerprint density at radius 2 is 1.57 bits per heavy atom. The molecule has 140 valence electrons. The molecule has 6 heteroatoms. The van der Waals surface area contributed by atoms with Crippen molar-refractivity contribution in [3.05, 3.63) is 94.5 Å². The van der Waals surface area contributed by atoms with E-state index in [-0.39, 0.29) is 16.9 Å². The van der Waals surface area contributed by atoms with Crippen LogP contribution >= 0.6 is 0 Å². The number of halogens is 1. The Morgan fingerprint density at radius 1 is 0.929 bits per heavy atom. The SMILES string of the molecule is CN=Cc1ccccc1-c1nn(-c2ccc(F)cc2)c(=O)c2ccccc12.O. The Balaban J connectivity index is 0.00000225. The van der Waals surface area contributed by atoms with Crippen molar-refractivity contribution in [3.8, 4) is 16.9 Å². The molecule has 4 aromatic rings. The Morgan fingerprint density at radius 3 is 2.29 bits per heavy atom. The molecule has 3 aromatic carbocycles. The van der Waals surface area contributed by atoms with Crippen molar-refractivity contribution in [1.29, 1.82) is 0 Å². The molecule has 0 spiro atoms. The van der Waals surface area contributed by atoms with Gasteiger partial charge in [0.2, 0.25) is 0 Å². The first-order chi connectivity index (χ1) is 13.2. The van der Waals surface area contributed by atoms with Gasteiger partial charge in [-0.2, -0.15) is 9.78 Å². The number of benzene rings is 3. The number of hydrogen-bond donors (Lipinski definition) is 0. The van der Waals surface area contributed by atoms with Crippen LogP contribution in [-0.4, -0.2) is 28.5 Å². The summed E-state index contributed by atoms with van der Waals surface area (Å²) in [5.74, 6) is -0.364. The van der Waals surface area contributed by atoms with Gasteiger partial charge in [-0.25, -0.2) is 4.39 Å². The van der Waals surface area contributed by atoms with Crippen LogP contribution in [0.1, 0.15) is 5.56 Å². The van der Waals surface area contributed by atoms with Gasteiger partial charge in [0.25, 0.3) is 5.56 Å². The van der Waals surface area contributed by atoms with Crippen molar-refractivity contribution in [3.63, 3.8) is 0 Å². The van der Waals surface area contributed by atoms with Crippen LogP contribution in [-0.2, 0) is 0 Å². The topological polar surface area (TPSA) is 78.8 Å². The molecule has 0 aliphatic carbocycles. The Bertz CT molecular complexity index is 1210. The highest BCUT2D eigenvalue weighted by Gasteiger charge is 2.15. The lowest BCUT2D eigenvalue weighted by Crippen LogP contribution is -2.22. The molecule has 0 fully saturated rings. The van der Waals surface area contributed by atoms with E-state index >= 15 is 0 Å². The number of aromatic nitrogens is 2. The molecule has 0 radical (unpaired) electrons. The highest BCUT2D eigenvalue weighted by molar-refractivity contribution is 5.99. The van der Waals surface area contributed by atoms with Crippen molar-refractivity contribution < 1.29 is 9.87 Å². The molecule has 0 aliphatic rings. The molecule has 0 aliphatic heterocycles. The standard InChI is InChI=1S/C22H16FN3O.H2O/c1-24-14-15-6-2-3-7-18(15)21-19-8-4-5-9-20(19)22(27)26(25-21)17-12-10-16(23)11-13-17;/h2-14H,1H3;1H2. The zero-order valence-electron chi connectivity index (χ0n) is 15.1. The van der Waals surface area contributed by atoms with E-state index in [9.17, 15) is 9.18 Å². The predicted molar refractivity (Wildman–Crippen MR) is 110 cm³/mol. The first-order valence-corrected chi connectivity index (χ1v) is 8.48. The molecular formula is C22H18FN3O2. The van der Waals surface area contributed by atoms with Gasteiger partial charge in [0.1, 0.15) is 11.5 Å². The molecule has 0 bridgehead atoms. The zero-order chi connectivity index (χ0) is 18.8. The van der Waals surface area contributed by atoms with Crippen LogP contribution in [0, 0.1) is 5.82 Å². The van der Waals surface area contributed by atoms with E-state index in [4.69, 9.17) is 0 Å². The van der Waals surface area contributed by atoms with Gasteiger partial charge in [-0.3, -0.25) is 9.79 Å². The van der Waals surface area contributed by atoms with Crippen molar-refractivity contribution >= 4 is 17.0 Å². The van der Waals surface area contributed by atoms with E-state index in [0.717, 1.165) is 16.5 Å². The molecule has 0 saturated carbocycles.